The third kappa shape index (κ3) is 2.53. The van der Waals surface area contributed by atoms with Gasteiger partial charge in [0.1, 0.15) is 5.82 Å². The molecule has 2 nitrogen and oxygen atoms in total. The van der Waals surface area contributed by atoms with Gasteiger partial charge in [0, 0.05) is 17.1 Å². The molecule has 2 N–H and O–H groups in total. The number of methoxy groups -OCH3 is 1. The van der Waals surface area contributed by atoms with E-state index in [-0.39, 0.29) is 11.9 Å². The van der Waals surface area contributed by atoms with Gasteiger partial charge >= 0.3 is 0 Å². The van der Waals surface area contributed by atoms with Gasteiger partial charge in [-0.05, 0) is 25.1 Å². The van der Waals surface area contributed by atoms with Crippen molar-refractivity contribution >= 4 is 15.9 Å². The van der Waals surface area contributed by atoms with Crippen molar-refractivity contribution in [2.75, 3.05) is 7.11 Å². The Morgan fingerprint density at radius 1 is 1.50 bits per heavy atom. The van der Waals surface area contributed by atoms with Gasteiger partial charge < -0.3 is 10.5 Å². The lowest BCUT2D eigenvalue weighted by Crippen LogP contribution is -2.26. The quantitative estimate of drug-likeness (QED) is 0.908. The monoisotopic (exact) mass is 261 g/mol. The fraction of sp³-hybridized carbons (Fsp3) is 0.400. The highest BCUT2D eigenvalue weighted by Crippen LogP contribution is 2.23. The summed E-state index contributed by atoms with van der Waals surface area (Å²) in [4.78, 5) is 0. The van der Waals surface area contributed by atoms with Gasteiger partial charge in [-0.25, -0.2) is 4.39 Å². The first-order valence-electron chi connectivity index (χ1n) is 4.29. The van der Waals surface area contributed by atoms with Crippen LogP contribution < -0.4 is 5.73 Å². The molecular formula is C10H13BrFNO. The molecule has 14 heavy (non-hydrogen) atoms. The van der Waals surface area contributed by atoms with Crippen molar-refractivity contribution in [1.29, 1.82) is 0 Å². The summed E-state index contributed by atoms with van der Waals surface area (Å²) in [7, 11) is 1.56. The summed E-state index contributed by atoms with van der Waals surface area (Å²) in [5.74, 6) is -0.301. The summed E-state index contributed by atoms with van der Waals surface area (Å²) in [6.07, 6.45) is -0.209. The van der Waals surface area contributed by atoms with E-state index in [0.717, 1.165) is 4.47 Å². The minimum Gasteiger partial charge on any atom is -0.380 e. The van der Waals surface area contributed by atoms with E-state index in [2.05, 4.69) is 15.9 Å². The zero-order valence-corrected chi connectivity index (χ0v) is 9.71. The van der Waals surface area contributed by atoms with Crippen molar-refractivity contribution in [3.63, 3.8) is 0 Å². The van der Waals surface area contributed by atoms with E-state index >= 15 is 0 Å². The lowest BCUT2D eigenvalue weighted by Gasteiger charge is -2.19. The molecule has 4 heteroatoms. The van der Waals surface area contributed by atoms with E-state index in [1.165, 1.54) is 6.07 Å². The van der Waals surface area contributed by atoms with Crippen LogP contribution in [0.15, 0.2) is 22.7 Å². The molecule has 2 atom stereocenters. The highest BCUT2D eigenvalue weighted by Gasteiger charge is 2.17. The fourth-order valence-electron chi connectivity index (χ4n) is 1.17. The Kier molecular flexibility index (Phi) is 4.04. The number of rotatable bonds is 3. The van der Waals surface area contributed by atoms with Crippen molar-refractivity contribution < 1.29 is 9.13 Å². The summed E-state index contributed by atoms with van der Waals surface area (Å²) in [6, 6.07) is 4.26. The number of hydrogen-bond acceptors (Lipinski definition) is 2. The van der Waals surface area contributed by atoms with Crippen LogP contribution in [0.5, 0.6) is 0 Å². The van der Waals surface area contributed by atoms with Crippen LogP contribution in [0.1, 0.15) is 18.5 Å². The van der Waals surface area contributed by atoms with Gasteiger partial charge in [-0.3, -0.25) is 0 Å². The standard InChI is InChI=1S/C10H13BrFNO/c1-6(14-2)10(13)8-5-7(11)3-4-9(8)12/h3-6,10H,13H2,1-2H3. The maximum Gasteiger partial charge on any atom is 0.128 e. The zero-order chi connectivity index (χ0) is 10.7. The van der Waals surface area contributed by atoms with Crippen molar-refractivity contribution in [3.8, 4) is 0 Å². The number of hydrogen-bond donors (Lipinski definition) is 1. The Morgan fingerprint density at radius 3 is 2.71 bits per heavy atom. The van der Waals surface area contributed by atoms with Gasteiger partial charge in [0.15, 0.2) is 0 Å². The molecule has 0 saturated carbocycles. The maximum absolute atomic E-state index is 13.4. The fourth-order valence-corrected chi connectivity index (χ4v) is 1.55. The van der Waals surface area contributed by atoms with Crippen molar-refractivity contribution in [3.05, 3.63) is 34.1 Å². The van der Waals surface area contributed by atoms with E-state index in [9.17, 15) is 4.39 Å². The van der Waals surface area contributed by atoms with Crippen molar-refractivity contribution in [1.82, 2.24) is 0 Å². The van der Waals surface area contributed by atoms with E-state index < -0.39 is 6.04 Å². The van der Waals surface area contributed by atoms with Crippen LogP contribution in [-0.4, -0.2) is 13.2 Å². The lowest BCUT2D eigenvalue weighted by atomic mass is 10.0. The van der Waals surface area contributed by atoms with Gasteiger partial charge in [0.05, 0.1) is 12.1 Å². The minimum absolute atomic E-state index is 0.209. The second kappa shape index (κ2) is 4.87. The molecule has 0 aromatic heterocycles. The lowest BCUT2D eigenvalue weighted by molar-refractivity contribution is 0.0945. The largest absolute Gasteiger partial charge is 0.380 e. The first-order valence-corrected chi connectivity index (χ1v) is 5.09. The number of nitrogens with two attached hydrogens (primary N) is 1. The number of benzene rings is 1. The second-order valence-corrected chi connectivity index (χ2v) is 4.05. The Morgan fingerprint density at radius 2 is 2.14 bits per heavy atom. The molecule has 0 fully saturated rings. The van der Waals surface area contributed by atoms with Crippen LogP contribution in [0.3, 0.4) is 0 Å². The molecule has 0 aliphatic heterocycles. The van der Waals surface area contributed by atoms with Crippen LogP contribution in [0.4, 0.5) is 4.39 Å². The SMILES string of the molecule is COC(C)C(N)c1cc(Br)ccc1F. The predicted octanol–water partition coefficient (Wildman–Crippen LogP) is 2.62. The summed E-state index contributed by atoms with van der Waals surface area (Å²) in [5, 5.41) is 0. The van der Waals surface area contributed by atoms with Gasteiger partial charge in [-0.15, -0.1) is 0 Å². The van der Waals surface area contributed by atoms with E-state index in [1.807, 2.05) is 6.92 Å². The van der Waals surface area contributed by atoms with E-state index in [0.29, 0.717) is 5.56 Å². The maximum atomic E-state index is 13.4. The molecule has 0 bridgehead atoms. The number of ether oxygens (including phenoxy) is 1. The van der Waals surface area contributed by atoms with Gasteiger partial charge in [0.2, 0.25) is 0 Å². The molecular weight excluding hydrogens is 249 g/mol. The molecule has 2 unspecified atom stereocenters. The number of halogens is 2. The molecule has 1 aromatic carbocycles. The average molecular weight is 262 g/mol. The van der Waals surface area contributed by atoms with Gasteiger partial charge in [-0.2, -0.15) is 0 Å². The molecule has 0 heterocycles. The Bertz CT molecular complexity index is 319. The Balaban J connectivity index is 2.99. The average Bonchev–Trinajstić information content (AvgIpc) is 2.19. The van der Waals surface area contributed by atoms with Crippen LogP contribution in [0, 0.1) is 5.82 Å². The summed E-state index contributed by atoms with van der Waals surface area (Å²) in [6.45, 7) is 1.81. The summed E-state index contributed by atoms with van der Waals surface area (Å²) < 4.78 is 19.2. The first kappa shape index (κ1) is 11.6. The van der Waals surface area contributed by atoms with Crippen LogP contribution in [0.2, 0.25) is 0 Å². The molecule has 0 radical (unpaired) electrons. The topological polar surface area (TPSA) is 35.2 Å². The van der Waals surface area contributed by atoms with E-state index in [4.69, 9.17) is 10.5 Å². The summed E-state index contributed by atoms with van der Waals surface area (Å²) >= 11 is 3.27. The summed E-state index contributed by atoms with van der Waals surface area (Å²) in [5.41, 5.74) is 6.30. The Hall–Kier alpha value is -0.450. The molecule has 0 aliphatic rings. The normalized spacial score (nSPS) is 15.2. The van der Waals surface area contributed by atoms with E-state index in [1.54, 1.807) is 19.2 Å². The van der Waals surface area contributed by atoms with Crippen LogP contribution in [0.25, 0.3) is 0 Å². The first-order chi connectivity index (χ1) is 6.56. The minimum atomic E-state index is -0.447. The van der Waals surface area contributed by atoms with Crippen molar-refractivity contribution in [2.45, 2.75) is 19.1 Å². The smallest absolute Gasteiger partial charge is 0.128 e. The zero-order valence-electron chi connectivity index (χ0n) is 8.13. The van der Waals surface area contributed by atoms with Gasteiger partial charge in [0.25, 0.3) is 0 Å². The Labute approximate surface area is 91.4 Å². The molecule has 0 amide bonds. The molecule has 0 aliphatic carbocycles. The van der Waals surface area contributed by atoms with Crippen LogP contribution in [-0.2, 0) is 4.74 Å². The molecule has 1 aromatic rings. The van der Waals surface area contributed by atoms with Crippen molar-refractivity contribution in [2.24, 2.45) is 5.73 Å². The second-order valence-electron chi connectivity index (χ2n) is 3.13. The molecule has 78 valence electrons. The molecule has 1 rings (SSSR count). The van der Waals surface area contributed by atoms with Gasteiger partial charge in [-0.1, -0.05) is 15.9 Å². The van der Waals surface area contributed by atoms with Crippen LogP contribution >= 0.6 is 15.9 Å². The highest BCUT2D eigenvalue weighted by atomic mass is 79.9. The third-order valence-electron chi connectivity index (χ3n) is 2.19. The highest BCUT2D eigenvalue weighted by molar-refractivity contribution is 9.10. The third-order valence-corrected chi connectivity index (χ3v) is 2.69. The molecule has 0 spiro atoms. The predicted molar refractivity (Wildman–Crippen MR) is 57.5 cm³/mol. The molecule has 0 saturated heterocycles.